The van der Waals surface area contributed by atoms with E-state index in [0.29, 0.717) is 5.78 Å². The molecule has 0 aromatic carbocycles. The molecule has 1 atom stereocenters. The summed E-state index contributed by atoms with van der Waals surface area (Å²) < 4.78 is 0. The van der Waals surface area contributed by atoms with Crippen LogP contribution in [0.25, 0.3) is 0 Å². The molecule has 0 spiro atoms. The Balaban J connectivity index is 2.27. The Morgan fingerprint density at radius 3 is 2.93 bits per heavy atom. The highest BCUT2D eigenvalue weighted by atomic mass is 16.1. The summed E-state index contributed by atoms with van der Waals surface area (Å²) in [6.45, 7) is 2.06. The lowest BCUT2D eigenvalue weighted by molar-refractivity contribution is -0.125. The molecule has 3 heteroatoms. The zero-order valence-electron chi connectivity index (χ0n) is 9.38. The monoisotopic (exact) mass is 198 g/mol. The number of nitrogens with one attached hydrogen (secondary N) is 1. The van der Waals surface area contributed by atoms with Crippen molar-refractivity contribution >= 4 is 5.78 Å². The van der Waals surface area contributed by atoms with Crippen molar-refractivity contribution in [3.8, 4) is 0 Å². The van der Waals surface area contributed by atoms with Crippen molar-refractivity contribution in [1.29, 1.82) is 0 Å². The number of hydrogen-bond donors (Lipinski definition) is 1. The van der Waals surface area contributed by atoms with Crippen LogP contribution in [0.4, 0.5) is 0 Å². The van der Waals surface area contributed by atoms with Crippen LogP contribution in [-0.2, 0) is 4.79 Å². The smallest absolute Gasteiger partial charge is 0.149 e. The number of nitrogens with zero attached hydrogens (tertiary/aromatic N) is 1. The second-order valence-electron chi connectivity index (χ2n) is 4.17. The highest BCUT2D eigenvalue weighted by Crippen LogP contribution is 2.18. The molecule has 1 aliphatic rings. The third-order valence-corrected chi connectivity index (χ3v) is 2.99. The van der Waals surface area contributed by atoms with E-state index in [9.17, 15) is 4.79 Å². The number of hydrogen-bond acceptors (Lipinski definition) is 3. The van der Waals surface area contributed by atoms with Gasteiger partial charge in [-0.3, -0.25) is 9.69 Å². The number of rotatable bonds is 5. The zero-order chi connectivity index (χ0) is 10.4. The van der Waals surface area contributed by atoms with Gasteiger partial charge in [-0.1, -0.05) is 6.42 Å². The van der Waals surface area contributed by atoms with E-state index in [0.717, 1.165) is 38.8 Å². The van der Waals surface area contributed by atoms with Gasteiger partial charge in [0, 0.05) is 6.42 Å². The van der Waals surface area contributed by atoms with Gasteiger partial charge in [0.15, 0.2) is 0 Å². The third kappa shape index (κ3) is 3.39. The maximum atomic E-state index is 11.6. The molecule has 0 bridgehead atoms. The van der Waals surface area contributed by atoms with Crippen LogP contribution in [0.2, 0.25) is 0 Å². The molecule has 0 aliphatic heterocycles. The van der Waals surface area contributed by atoms with E-state index in [1.807, 2.05) is 7.05 Å². The highest BCUT2D eigenvalue weighted by molar-refractivity contribution is 5.84. The van der Waals surface area contributed by atoms with Crippen LogP contribution in [0, 0.1) is 0 Å². The SMILES string of the molecule is CNCCCN(C)C1CCCCC1=O. The van der Waals surface area contributed by atoms with Gasteiger partial charge in [0.1, 0.15) is 5.78 Å². The van der Waals surface area contributed by atoms with E-state index in [-0.39, 0.29) is 6.04 Å². The summed E-state index contributed by atoms with van der Waals surface area (Å²) in [6.07, 6.45) is 5.29. The average molecular weight is 198 g/mol. The molecule has 0 heterocycles. The van der Waals surface area contributed by atoms with Crippen LogP contribution in [0.1, 0.15) is 32.1 Å². The van der Waals surface area contributed by atoms with E-state index in [2.05, 4.69) is 17.3 Å². The van der Waals surface area contributed by atoms with Crippen LogP contribution >= 0.6 is 0 Å². The maximum absolute atomic E-state index is 11.6. The van der Waals surface area contributed by atoms with Crippen molar-refractivity contribution in [2.45, 2.75) is 38.1 Å². The summed E-state index contributed by atoms with van der Waals surface area (Å²) in [5.41, 5.74) is 0. The van der Waals surface area contributed by atoms with Crippen LogP contribution < -0.4 is 5.32 Å². The fourth-order valence-electron chi connectivity index (χ4n) is 2.09. The minimum Gasteiger partial charge on any atom is -0.320 e. The quantitative estimate of drug-likeness (QED) is 0.670. The van der Waals surface area contributed by atoms with Crippen LogP contribution in [0.5, 0.6) is 0 Å². The summed E-state index contributed by atoms with van der Waals surface area (Å²) in [4.78, 5) is 13.8. The predicted molar refractivity (Wildman–Crippen MR) is 58.4 cm³/mol. The molecule has 1 fully saturated rings. The van der Waals surface area contributed by atoms with E-state index >= 15 is 0 Å². The van der Waals surface area contributed by atoms with Crippen molar-refractivity contribution in [3.63, 3.8) is 0 Å². The summed E-state index contributed by atoms with van der Waals surface area (Å²) in [6, 6.07) is 0.209. The Kier molecular flexibility index (Phi) is 5.12. The van der Waals surface area contributed by atoms with Gasteiger partial charge in [0.05, 0.1) is 6.04 Å². The minimum absolute atomic E-state index is 0.209. The number of Topliss-reactive ketones (excluding diaryl/α,β-unsaturated/α-hetero) is 1. The van der Waals surface area contributed by atoms with Crippen molar-refractivity contribution in [1.82, 2.24) is 10.2 Å². The lowest BCUT2D eigenvalue weighted by Crippen LogP contribution is -2.41. The van der Waals surface area contributed by atoms with E-state index in [4.69, 9.17) is 0 Å². The molecular formula is C11H22N2O. The molecule has 1 unspecified atom stereocenters. The molecule has 0 amide bonds. The van der Waals surface area contributed by atoms with Gasteiger partial charge in [0.2, 0.25) is 0 Å². The summed E-state index contributed by atoms with van der Waals surface area (Å²) >= 11 is 0. The Morgan fingerprint density at radius 1 is 1.50 bits per heavy atom. The normalized spacial score (nSPS) is 23.1. The van der Waals surface area contributed by atoms with Gasteiger partial charge in [0.25, 0.3) is 0 Å². The number of likely N-dealkylation sites (N-methyl/N-ethyl adjacent to an activating group) is 1. The second kappa shape index (κ2) is 6.14. The average Bonchev–Trinajstić information content (AvgIpc) is 2.18. The topological polar surface area (TPSA) is 32.3 Å². The molecule has 0 saturated heterocycles. The molecule has 1 saturated carbocycles. The Hall–Kier alpha value is -0.410. The third-order valence-electron chi connectivity index (χ3n) is 2.99. The number of carbonyl (C=O) groups excluding carboxylic acids is 1. The number of carbonyl (C=O) groups is 1. The van der Waals surface area contributed by atoms with Gasteiger partial charge < -0.3 is 5.32 Å². The summed E-state index contributed by atoms with van der Waals surface area (Å²) in [7, 11) is 4.04. The van der Waals surface area contributed by atoms with Crippen LogP contribution in [0.15, 0.2) is 0 Å². The van der Waals surface area contributed by atoms with E-state index in [1.165, 1.54) is 6.42 Å². The van der Waals surface area contributed by atoms with Gasteiger partial charge in [-0.05, 0) is 46.4 Å². The van der Waals surface area contributed by atoms with Crippen molar-refractivity contribution < 1.29 is 4.79 Å². The van der Waals surface area contributed by atoms with Gasteiger partial charge >= 0.3 is 0 Å². The summed E-state index contributed by atoms with van der Waals surface area (Å²) in [5, 5.41) is 3.13. The van der Waals surface area contributed by atoms with Crippen molar-refractivity contribution in [2.75, 3.05) is 27.2 Å². The second-order valence-corrected chi connectivity index (χ2v) is 4.17. The predicted octanol–water partition coefficient (Wildman–Crippen LogP) is 1.04. The fourth-order valence-corrected chi connectivity index (χ4v) is 2.09. The fraction of sp³-hybridized carbons (Fsp3) is 0.909. The van der Waals surface area contributed by atoms with Crippen molar-refractivity contribution in [2.24, 2.45) is 0 Å². The van der Waals surface area contributed by atoms with Crippen LogP contribution in [0.3, 0.4) is 0 Å². The molecule has 1 aliphatic carbocycles. The summed E-state index contributed by atoms with van der Waals surface area (Å²) in [5.74, 6) is 0.447. The van der Waals surface area contributed by atoms with Crippen LogP contribution in [-0.4, -0.2) is 43.9 Å². The van der Waals surface area contributed by atoms with Gasteiger partial charge in [-0.2, -0.15) is 0 Å². The molecule has 0 aromatic rings. The maximum Gasteiger partial charge on any atom is 0.149 e. The lowest BCUT2D eigenvalue weighted by Gasteiger charge is -2.29. The Bertz CT molecular complexity index is 182. The Labute approximate surface area is 86.9 Å². The van der Waals surface area contributed by atoms with Gasteiger partial charge in [-0.25, -0.2) is 0 Å². The first-order valence-corrected chi connectivity index (χ1v) is 5.63. The lowest BCUT2D eigenvalue weighted by atomic mass is 9.93. The highest BCUT2D eigenvalue weighted by Gasteiger charge is 2.25. The largest absolute Gasteiger partial charge is 0.320 e. The molecule has 14 heavy (non-hydrogen) atoms. The van der Waals surface area contributed by atoms with E-state index in [1.54, 1.807) is 0 Å². The first-order chi connectivity index (χ1) is 6.75. The zero-order valence-corrected chi connectivity index (χ0v) is 9.38. The minimum atomic E-state index is 0.209. The molecule has 0 aromatic heterocycles. The molecule has 1 rings (SSSR count). The van der Waals surface area contributed by atoms with E-state index < -0.39 is 0 Å². The number of ketones is 1. The Morgan fingerprint density at radius 2 is 2.29 bits per heavy atom. The molecular weight excluding hydrogens is 176 g/mol. The first kappa shape index (κ1) is 11.7. The molecule has 0 radical (unpaired) electrons. The molecule has 82 valence electrons. The van der Waals surface area contributed by atoms with Gasteiger partial charge in [-0.15, -0.1) is 0 Å². The molecule has 1 N–H and O–H groups in total. The first-order valence-electron chi connectivity index (χ1n) is 5.63. The van der Waals surface area contributed by atoms with Crippen molar-refractivity contribution in [3.05, 3.63) is 0 Å². The molecule has 3 nitrogen and oxygen atoms in total. The standard InChI is InChI=1S/C11H22N2O/c1-12-8-5-9-13(2)10-6-3-4-7-11(10)14/h10,12H,3-9H2,1-2H3.